The van der Waals surface area contributed by atoms with Crippen LogP contribution in [0.25, 0.3) is 0 Å². The molecular weight excluding hydrogens is 296 g/mol. The number of halogens is 3. The predicted octanol–water partition coefficient (Wildman–Crippen LogP) is 4.33. The third-order valence-electron chi connectivity index (χ3n) is 3.19. The van der Waals surface area contributed by atoms with E-state index < -0.39 is 11.6 Å². The van der Waals surface area contributed by atoms with Crippen molar-refractivity contribution in [1.29, 1.82) is 0 Å². The van der Waals surface area contributed by atoms with Crippen LogP contribution in [0.15, 0.2) is 36.4 Å². The Morgan fingerprint density at radius 3 is 2.33 bits per heavy atom. The second-order valence-corrected chi connectivity index (χ2v) is 4.97. The Bertz CT molecular complexity index is 634. The molecule has 0 saturated carbocycles. The molecule has 2 nitrogen and oxygen atoms in total. The van der Waals surface area contributed by atoms with Gasteiger partial charge in [-0.05, 0) is 41.9 Å². The molecule has 0 heterocycles. The van der Waals surface area contributed by atoms with Gasteiger partial charge in [0.05, 0.1) is 18.2 Å². The van der Waals surface area contributed by atoms with E-state index in [4.69, 9.17) is 16.3 Å². The van der Waals surface area contributed by atoms with Crippen molar-refractivity contribution in [1.82, 2.24) is 5.32 Å². The second-order valence-electron chi connectivity index (χ2n) is 4.56. The summed E-state index contributed by atoms with van der Waals surface area (Å²) in [6.45, 7) is 2.62. The number of rotatable bonds is 5. The molecule has 0 aliphatic rings. The van der Waals surface area contributed by atoms with Crippen LogP contribution in [0.1, 0.15) is 24.1 Å². The maximum atomic E-state index is 13.9. The maximum absolute atomic E-state index is 13.9. The molecule has 0 radical (unpaired) electrons. The summed E-state index contributed by atoms with van der Waals surface area (Å²) in [7, 11) is 1.42. The number of ether oxygens (including phenoxy) is 1. The van der Waals surface area contributed by atoms with Crippen molar-refractivity contribution < 1.29 is 13.5 Å². The molecule has 1 atom stereocenters. The first-order chi connectivity index (χ1) is 10.1. The molecule has 21 heavy (non-hydrogen) atoms. The van der Waals surface area contributed by atoms with Gasteiger partial charge in [-0.2, -0.15) is 0 Å². The zero-order chi connectivity index (χ0) is 15.4. The molecule has 5 heteroatoms. The third kappa shape index (κ3) is 3.52. The molecule has 0 aliphatic carbocycles. The van der Waals surface area contributed by atoms with E-state index in [-0.39, 0.29) is 16.8 Å². The number of nitrogens with one attached hydrogen (secondary N) is 1. The standard InChI is InChI=1S/C16H16ClF2NO/c1-3-20-16(10-4-6-13(18)12(17)8-10)11-5-7-15(21-2)14(19)9-11/h4-9,16,20H,3H2,1-2H3. The molecular formula is C16H16ClF2NO. The molecule has 0 aromatic heterocycles. The third-order valence-corrected chi connectivity index (χ3v) is 3.48. The average Bonchev–Trinajstić information content (AvgIpc) is 2.48. The summed E-state index contributed by atoms with van der Waals surface area (Å²) in [6, 6.07) is 8.97. The topological polar surface area (TPSA) is 21.3 Å². The second kappa shape index (κ2) is 6.87. The van der Waals surface area contributed by atoms with Crippen LogP contribution in [0.4, 0.5) is 8.78 Å². The fourth-order valence-electron chi connectivity index (χ4n) is 2.19. The van der Waals surface area contributed by atoms with Gasteiger partial charge in [-0.1, -0.05) is 30.7 Å². The molecule has 0 saturated heterocycles. The Morgan fingerprint density at radius 1 is 1.10 bits per heavy atom. The highest BCUT2D eigenvalue weighted by Gasteiger charge is 2.16. The lowest BCUT2D eigenvalue weighted by Gasteiger charge is -2.20. The molecule has 112 valence electrons. The Labute approximate surface area is 127 Å². The summed E-state index contributed by atoms with van der Waals surface area (Å²) in [6.07, 6.45) is 0. The predicted molar refractivity (Wildman–Crippen MR) is 79.9 cm³/mol. The average molecular weight is 312 g/mol. The summed E-state index contributed by atoms with van der Waals surface area (Å²) in [5, 5.41) is 3.28. The summed E-state index contributed by atoms with van der Waals surface area (Å²) < 4.78 is 32.1. The van der Waals surface area contributed by atoms with E-state index in [1.54, 1.807) is 24.3 Å². The minimum Gasteiger partial charge on any atom is -0.494 e. The molecule has 0 aliphatic heterocycles. The highest BCUT2D eigenvalue weighted by atomic mass is 35.5. The first-order valence-corrected chi connectivity index (χ1v) is 6.96. The monoisotopic (exact) mass is 311 g/mol. The lowest BCUT2D eigenvalue weighted by Crippen LogP contribution is -2.22. The maximum Gasteiger partial charge on any atom is 0.165 e. The van der Waals surface area contributed by atoms with E-state index >= 15 is 0 Å². The van der Waals surface area contributed by atoms with Crippen molar-refractivity contribution in [3.05, 3.63) is 64.2 Å². The van der Waals surface area contributed by atoms with Crippen molar-refractivity contribution in [2.24, 2.45) is 0 Å². The van der Waals surface area contributed by atoms with E-state index in [1.807, 2.05) is 6.92 Å². The lowest BCUT2D eigenvalue weighted by atomic mass is 9.98. The molecule has 1 N–H and O–H groups in total. The summed E-state index contributed by atoms with van der Waals surface area (Å²) in [5.74, 6) is -0.728. The first-order valence-electron chi connectivity index (χ1n) is 6.58. The van der Waals surface area contributed by atoms with E-state index in [0.29, 0.717) is 6.54 Å². The Balaban J connectivity index is 2.42. The van der Waals surface area contributed by atoms with Crippen molar-refractivity contribution in [3.8, 4) is 5.75 Å². The van der Waals surface area contributed by atoms with Gasteiger partial charge < -0.3 is 10.1 Å². The highest BCUT2D eigenvalue weighted by molar-refractivity contribution is 6.30. The van der Waals surface area contributed by atoms with E-state index in [2.05, 4.69) is 5.32 Å². The van der Waals surface area contributed by atoms with Crippen LogP contribution >= 0.6 is 11.6 Å². The van der Waals surface area contributed by atoms with E-state index in [0.717, 1.165) is 11.1 Å². The van der Waals surface area contributed by atoms with Crippen molar-refractivity contribution in [3.63, 3.8) is 0 Å². The molecule has 1 unspecified atom stereocenters. The normalized spacial score (nSPS) is 12.2. The number of hydrogen-bond acceptors (Lipinski definition) is 2. The minimum atomic E-state index is -0.475. The SMILES string of the molecule is CCNC(c1ccc(OC)c(F)c1)c1ccc(F)c(Cl)c1. The number of methoxy groups -OCH3 is 1. The Hall–Kier alpha value is -1.65. The van der Waals surface area contributed by atoms with Crippen molar-refractivity contribution in [2.45, 2.75) is 13.0 Å². The summed E-state index contributed by atoms with van der Waals surface area (Å²) in [4.78, 5) is 0. The van der Waals surface area contributed by atoms with Crippen LogP contribution in [0.5, 0.6) is 5.75 Å². The zero-order valence-corrected chi connectivity index (χ0v) is 12.5. The quantitative estimate of drug-likeness (QED) is 0.887. The van der Waals surface area contributed by atoms with Gasteiger partial charge in [0.15, 0.2) is 11.6 Å². The van der Waals surface area contributed by atoms with Gasteiger partial charge in [-0.15, -0.1) is 0 Å². The minimum absolute atomic E-state index is 0.0457. The molecule has 2 aromatic rings. The van der Waals surface area contributed by atoms with Crippen LogP contribution in [0, 0.1) is 11.6 Å². The molecule has 0 fully saturated rings. The van der Waals surface area contributed by atoms with Gasteiger partial charge in [0.1, 0.15) is 5.82 Å². The van der Waals surface area contributed by atoms with Crippen LogP contribution < -0.4 is 10.1 Å². The van der Waals surface area contributed by atoms with Crippen molar-refractivity contribution in [2.75, 3.05) is 13.7 Å². The summed E-state index contributed by atoms with van der Waals surface area (Å²) >= 11 is 5.83. The Morgan fingerprint density at radius 2 is 1.76 bits per heavy atom. The fourth-order valence-corrected chi connectivity index (χ4v) is 2.38. The highest BCUT2D eigenvalue weighted by Crippen LogP contribution is 2.28. The van der Waals surface area contributed by atoms with Gasteiger partial charge in [0.25, 0.3) is 0 Å². The summed E-state index contributed by atoms with van der Waals surface area (Å²) in [5.41, 5.74) is 1.49. The number of hydrogen-bond donors (Lipinski definition) is 1. The molecule has 2 rings (SSSR count). The van der Waals surface area contributed by atoms with Crippen LogP contribution in [0.2, 0.25) is 5.02 Å². The molecule has 0 spiro atoms. The van der Waals surface area contributed by atoms with E-state index in [9.17, 15) is 8.78 Å². The van der Waals surface area contributed by atoms with Gasteiger partial charge >= 0.3 is 0 Å². The van der Waals surface area contributed by atoms with E-state index in [1.165, 1.54) is 19.2 Å². The van der Waals surface area contributed by atoms with Gasteiger partial charge in [-0.25, -0.2) is 8.78 Å². The lowest BCUT2D eigenvalue weighted by molar-refractivity contribution is 0.385. The number of benzene rings is 2. The van der Waals surface area contributed by atoms with Gasteiger partial charge in [0, 0.05) is 0 Å². The molecule has 0 amide bonds. The largest absolute Gasteiger partial charge is 0.494 e. The fraction of sp³-hybridized carbons (Fsp3) is 0.250. The Kier molecular flexibility index (Phi) is 5.15. The van der Waals surface area contributed by atoms with Crippen molar-refractivity contribution >= 4 is 11.6 Å². The smallest absolute Gasteiger partial charge is 0.165 e. The molecule has 2 aromatic carbocycles. The van der Waals surface area contributed by atoms with Crippen LogP contribution in [-0.4, -0.2) is 13.7 Å². The van der Waals surface area contributed by atoms with Gasteiger partial charge in [-0.3, -0.25) is 0 Å². The molecule has 0 bridgehead atoms. The zero-order valence-electron chi connectivity index (χ0n) is 11.8. The first kappa shape index (κ1) is 15.7. The van der Waals surface area contributed by atoms with Crippen LogP contribution in [-0.2, 0) is 0 Å². The van der Waals surface area contributed by atoms with Gasteiger partial charge in [0.2, 0.25) is 0 Å². The van der Waals surface area contributed by atoms with Crippen LogP contribution in [0.3, 0.4) is 0 Å².